The molecule has 0 bridgehead atoms. The van der Waals surface area contributed by atoms with Crippen molar-refractivity contribution in [2.75, 3.05) is 0 Å². The third-order valence-corrected chi connectivity index (χ3v) is 10.2. The summed E-state index contributed by atoms with van der Waals surface area (Å²) < 4.78 is 0. The Balaban J connectivity index is 1.39. The molecular formula is C48H30. The molecule has 10 aromatic carbocycles. The van der Waals surface area contributed by atoms with Gasteiger partial charge in [-0.1, -0.05) is 170 Å². The van der Waals surface area contributed by atoms with Gasteiger partial charge in [0.05, 0.1) is 0 Å². The Bertz CT molecular complexity index is 2880. The van der Waals surface area contributed by atoms with Crippen LogP contribution >= 0.6 is 0 Å². The molecule has 0 fully saturated rings. The molecule has 10 rings (SSSR count). The molecule has 48 heavy (non-hydrogen) atoms. The average molecular weight is 607 g/mol. The summed E-state index contributed by atoms with van der Waals surface area (Å²) in [6.07, 6.45) is 0. The van der Waals surface area contributed by atoms with Crippen LogP contribution in [0.25, 0.3) is 98.0 Å². The molecule has 0 heteroatoms. The zero-order valence-corrected chi connectivity index (χ0v) is 26.3. The lowest BCUT2D eigenvalue weighted by Gasteiger charge is -2.21. The molecule has 0 aliphatic heterocycles. The highest BCUT2D eigenvalue weighted by Gasteiger charge is 2.20. The number of rotatable bonds is 3. The van der Waals surface area contributed by atoms with Crippen LogP contribution in [-0.2, 0) is 0 Å². The highest BCUT2D eigenvalue weighted by molar-refractivity contribution is 6.26. The van der Waals surface area contributed by atoms with Gasteiger partial charge in [-0.3, -0.25) is 0 Å². The van der Waals surface area contributed by atoms with E-state index >= 15 is 0 Å². The lowest BCUT2D eigenvalue weighted by molar-refractivity contribution is 1.67. The van der Waals surface area contributed by atoms with Crippen molar-refractivity contribution < 1.29 is 0 Å². The molecule has 0 heterocycles. The second kappa shape index (κ2) is 10.7. The van der Waals surface area contributed by atoms with Gasteiger partial charge in [0, 0.05) is 0 Å². The van der Waals surface area contributed by atoms with Crippen LogP contribution in [0.1, 0.15) is 0 Å². The lowest BCUT2D eigenvalue weighted by Crippen LogP contribution is -1.93. The first-order valence-corrected chi connectivity index (χ1v) is 16.7. The largest absolute Gasteiger partial charge is 0.0616 e. The van der Waals surface area contributed by atoms with Crippen molar-refractivity contribution in [1.29, 1.82) is 0 Å². The van der Waals surface area contributed by atoms with Gasteiger partial charge in [0.25, 0.3) is 0 Å². The van der Waals surface area contributed by atoms with Gasteiger partial charge in [0.1, 0.15) is 0 Å². The zero-order chi connectivity index (χ0) is 31.6. The van der Waals surface area contributed by atoms with E-state index in [4.69, 9.17) is 0 Å². The molecule has 0 saturated carbocycles. The maximum absolute atomic E-state index is 2.46. The molecule has 0 aliphatic rings. The number of fused-ring (bicyclic) bond motifs is 7. The highest BCUT2D eigenvalue weighted by Crippen LogP contribution is 2.48. The number of hydrogen-bond acceptors (Lipinski definition) is 0. The van der Waals surface area contributed by atoms with Crippen LogP contribution in [0, 0.1) is 0 Å². The average Bonchev–Trinajstić information content (AvgIpc) is 3.16. The van der Waals surface area contributed by atoms with Crippen LogP contribution in [0.4, 0.5) is 0 Å². The standard InChI is InChI=1S/C48H30/c1-4-18-35-31(13-1)16-11-25-40(35)47-42-23-9-10-24-43(42)48(41-26-12-17-32-14-2-5-19-36(32)41)46-30-34(27-28-44(46)47)45-29-33-15-3-6-20-37(33)38-21-7-8-22-39(38)45/h1-30H. The second-order valence-corrected chi connectivity index (χ2v) is 12.8. The zero-order valence-electron chi connectivity index (χ0n) is 26.3. The van der Waals surface area contributed by atoms with Crippen LogP contribution in [0.5, 0.6) is 0 Å². The van der Waals surface area contributed by atoms with Gasteiger partial charge in [-0.05, 0) is 110 Å². The van der Waals surface area contributed by atoms with E-state index in [0.29, 0.717) is 0 Å². The highest BCUT2D eigenvalue weighted by atomic mass is 14.2. The van der Waals surface area contributed by atoms with Crippen molar-refractivity contribution in [2.24, 2.45) is 0 Å². The summed E-state index contributed by atoms with van der Waals surface area (Å²) >= 11 is 0. The first kappa shape index (κ1) is 26.9. The van der Waals surface area contributed by atoms with E-state index in [9.17, 15) is 0 Å². The van der Waals surface area contributed by atoms with E-state index in [1.165, 1.54) is 98.0 Å². The summed E-state index contributed by atoms with van der Waals surface area (Å²) in [5.41, 5.74) is 7.59. The third-order valence-electron chi connectivity index (χ3n) is 10.2. The van der Waals surface area contributed by atoms with Crippen molar-refractivity contribution in [1.82, 2.24) is 0 Å². The Morgan fingerprint density at radius 3 is 1.27 bits per heavy atom. The predicted octanol–water partition coefficient (Wildman–Crippen LogP) is 13.6. The molecule has 0 spiro atoms. The SMILES string of the molecule is c1ccc2c(-c3c4ccccc4c(-c4cccc5ccccc45)c4cc(-c5cc6ccccc6c6ccccc56)ccc34)cccc2c1. The fourth-order valence-corrected chi connectivity index (χ4v) is 8.11. The van der Waals surface area contributed by atoms with Crippen molar-refractivity contribution in [3.63, 3.8) is 0 Å². The minimum absolute atomic E-state index is 1.23. The van der Waals surface area contributed by atoms with Crippen molar-refractivity contribution in [3.8, 4) is 33.4 Å². The molecule has 0 saturated heterocycles. The summed E-state index contributed by atoms with van der Waals surface area (Å²) in [5, 5.41) is 15.2. The second-order valence-electron chi connectivity index (χ2n) is 12.8. The first-order chi connectivity index (χ1) is 23.8. The van der Waals surface area contributed by atoms with Gasteiger partial charge in [0.15, 0.2) is 0 Å². The Morgan fingerprint density at radius 1 is 0.208 bits per heavy atom. The van der Waals surface area contributed by atoms with E-state index in [2.05, 4.69) is 182 Å². The van der Waals surface area contributed by atoms with E-state index in [1.54, 1.807) is 0 Å². The van der Waals surface area contributed by atoms with Crippen LogP contribution in [0.3, 0.4) is 0 Å². The van der Waals surface area contributed by atoms with Crippen molar-refractivity contribution >= 4 is 64.6 Å². The van der Waals surface area contributed by atoms with Crippen molar-refractivity contribution in [3.05, 3.63) is 182 Å². The summed E-state index contributed by atoms with van der Waals surface area (Å²) in [6, 6.07) is 67.2. The van der Waals surface area contributed by atoms with Gasteiger partial charge in [0.2, 0.25) is 0 Å². The van der Waals surface area contributed by atoms with Crippen LogP contribution in [0.2, 0.25) is 0 Å². The summed E-state index contributed by atoms with van der Waals surface area (Å²) in [6.45, 7) is 0. The Morgan fingerprint density at radius 2 is 0.646 bits per heavy atom. The van der Waals surface area contributed by atoms with Gasteiger partial charge < -0.3 is 0 Å². The van der Waals surface area contributed by atoms with E-state index in [-0.39, 0.29) is 0 Å². The number of benzene rings is 10. The molecule has 0 amide bonds. The smallest absolute Gasteiger partial charge is 0.00199 e. The Hall–Kier alpha value is -6.24. The van der Waals surface area contributed by atoms with Crippen LogP contribution < -0.4 is 0 Å². The fraction of sp³-hybridized carbons (Fsp3) is 0. The Labute approximate surface area is 279 Å². The Kier molecular flexibility index (Phi) is 5.98. The maximum Gasteiger partial charge on any atom is -0.00199 e. The maximum atomic E-state index is 2.46. The molecule has 0 aliphatic carbocycles. The minimum Gasteiger partial charge on any atom is -0.0616 e. The van der Waals surface area contributed by atoms with E-state index in [0.717, 1.165) is 0 Å². The van der Waals surface area contributed by atoms with Gasteiger partial charge >= 0.3 is 0 Å². The molecule has 10 aromatic rings. The predicted molar refractivity (Wildman–Crippen MR) is 208 cm³/mol. The summed E-state index contributed by atoms with van der Waals surface area (Å²) in [7, 11) is 0. The molecule has 0 atom stereocenters. The summed E-state index contributed by atoms with van der Waals surface area (Å²) in [4.78, 5) is 0. The third kappa shape index (κ3) is 4.03. The van der Waals surface area contributed by atoms with E-state index in [1.807, 2.05) is 0 Å². The number of hydrogen-bond donors (Lipinski definition) is 0. The topological polar surface area (TPSA) is 0 Å². The van der Waals surface area contributed by atoms with Crippen molar-refractivity contribution in [2.45, 2.75) is 0 Å². The molecule has 0 N–H and O–H groups in total. The summed E-state index contributed by atoms with van der Waals surface area (Å²) in [5.74, 6) is 0. The monoisotopic (exact) mass is 606 g/mol. The van der Waals surface area contributed by atoms with Gasteiger partial charge in [-0.25, -0.2) is 0 Å². The van der Waals surface area contributed by atoms with Gasteiger partial charge in [-0.2, -0.15) is 0 Å². The molecule has 0 radical (unpaired) electrons. The van der Waals surface area contributed by atoms with E-state index < -0.39 is 0 Å². The molecular weight excluding hydrogens is 577 g/mol. The molecule has 0 unspecified atom stereocenters. The fourth-order valence-electron chi connectivity index (χ4n) is 8.11. The molecule has 0 nitrogen and oxygen atoms in total. The molecule has 0 aromatic heterocycles. The van der Waals surface area contributed by atoms with Gasteiger partial charge in [-0.15, -0.1) is 0 Å². The van der Waals surface area contributed by atoms with Crippen LogP contribution in [0.15, 0.2) is 182 Å². The quantitative estimate of drug-likeness (QED) is 0.139. The molecule has 222 valence electrons. The first-order valence-electron chi connectivity index (χ1n) is 16.7. The lowest BCUT2D eigenvalue weighted by atomic mass is 9.82. The van der Waals surface area contributed by atoms with Crippen LogP contribution in [-0.4, -0.2) is 0 Å². The normalized spacial score (nSPS) is 11.8. The minimum atomic E-state index is 1.23.